The zero-order chi connectivity index (χ0) is 23.4. The van der Waals surface area contributed by atoms with Crippen molar-refractivity contribution in [1.29, 1.82) is 0 Å². The van der Waals surface area contributed by atoms with Gasteiger partial charge in [-0.25, -0.2) is 0 Å². The average molecular weight is 463 g/mol. The molecule has 6 aromatic rings. The molecule has 7 rings (SSSR count). The summed E-state index contributed by atoms with van der Waals surface area (Å²) in [7, 11) is 0. The van der Waals surface area contributed by atoms with Crippen LogP contribution in [0.2, 0.25) is 5.02 Å². The van der Waals surface area contributed by atoms with Gasteiger partial charge in [0.1, 0.15) is 0 Å². The first-order chi connectivity index (χ1) is 17.3. The van der Waals surface area contributed by atoms with Gasteiger partial charge in [0.05, 0.1) is 0 Å². The third kappa shape index (κ3) is 3.10. The van der Waals surface area contributed by atoms with E-state index in [1.165, 1.54) is 54.6 Å². The van der Waals surface area contributed by atoms with Crippen molar-refractivity contribution >= 4 is 38.7 Å². The minimum absolute atomic E-state index is 0.719. The first kappa shape index (κ1) is 20.1. The van der Waals surface area contributed by atoms with Crippen LogP contribution in [0.1, 0.15) is 22.3 Å². The lowest BCUT2D eigenvalue weighted by Gasteiger charge is -2.13. The van der Waals surface area contributed by atoms with Gasteiger partial charge in [-0.05, 0) is 73.3 Å². The molecule has 0 radical (unpaired) electrons. The van der Waals surface area contributed by atoms with E-state index in [0.29, 0.717) is 0 Å². The predicted octanol–water partition coefficient (Wildman–Crippen LogP) is 7.99. The molecule has 1 aliphatic carbocycles. The minimum Gasteiger partial charge on any atom is -0.0843 e. The zero-order valence-corrected chi connectivity index (χ0v) is 19.6. The monoisotopic (exact) mass is 462 g/mol. The topological polar surface area (TPSA) is 0 Å². The van der Waals surface area contributed by atoms with Crippen LogP contribution in [-0.4, -0.2) is 0 Å². The summed E-state index contributed by atoms with van der Waals surface area (Å²) in [5.74, 6) is 7.02. The Morgan fingerprint density at radius 1 is 0.543 bits per heavy atom. The van der Waals surface area contributed by atoms with Gasteiger partial charge in [0, 0.05) is 21.7 Å². The summed E-state index contributed by atoms with van der Waals surface area (Å²) in [4.78, 5) is 0. The molecule has 0 atom stereocenters. The maximum Gasteiger partial charge on any atom is 0.0413 e. The van der Waals surface area contributed by atoms with Crippen molar-refractivity contribution in [3.63, 3.8) is 0 Å². The molecule has 0 aliphatic heterocycles. The SMILES string of the molecule is Clc1ccc(C#Cc2c3c(c4cccc5cccc2c54)=C(c2ccccc2)c2ccccc2-3)cc1. The van der Waals surface area contributed by atoms with Crippen molar-refractivity contribution in [1.82, 2.24) is 0 Å². The standard InChI is InChI=1S/C34H19Cl/c35-25-19-16-22(17-20-25)18-21-29-26-14-6-10-23-11-7-15-30(31(23)26)34-32(24-8-2-1-3-9-24)27-12-4-5-13-28(27)33(29)34/h1-17,19-20H. The molecule has 1 heteroatoms. The Bertz CT molecular complexity index is 1880. The number of benzene rings is 6. The number of halogens is 1. The van der Waals surface area contributed by atoms with Crippen LogP contribution >= 0.6 is 11.6 Å². The Kier molecular flexibility index (Phi) is 4.52. The summed E-state index contributed by atoms with van der Waals surface area (Å²) in [6, 6.07) is 40.4. The van der Waals surface area contributed by atoms with Crippen LogP contribution in [-0.2, 0) is 0 Å². The van der Waals surface area contributed by atoms with Gasteiger partial charge in [0.25, 0.3) is 0 Å². The van der Waals surface area contributed by atoms with Crippen LogP contribution in [0.3, 0.4) is 0 Å². The molecule has 0 amide bonds. The van der Waals surface area contributed by atoms with Crippen LogP contribution in [0, 0.1) is 11.8 Å². The maximum absolute atomic E-state index is 6.11. The lowest BCUT2D eigenvalue weighted by molar-refractivity contribution is 1.57. The molecule has 0 N–H and O–H groups in total. The largest absolute Gasteiger partial charge is 0.0843 e. The average Bonchev–Trinajstić information content (AvgIpc) is 3.26. The Hall–Kier alpha value is -4.31. The highest BCUT2D eigenvalue weighted by Gasteiger charge is 2.26. The van der Waals surface area contributed by atoms with Gasteiger partial charge < -0.3 is 0 Å². The Balaban J connectivity index is 1.70. The molecular formula is C34H19Cl. The highest BCUT2D eigenvalue weighted by atomic mass is 35.5. The molecule has 0 unspecified atom stereocenters. The normalized spacial score (nSPS) is 11.9. The van der Waals surface area contributed by atoms with Crippen LogP contribution in [0.4, 0.5) is 0 Å². The quantitative estimate of drug-likeness (QED) is 0.217. The first-order valence-electron chi connectivity index (χ1n) is 11.7. The van der Waals surface area contributed by atoms with Crippen LogP contribution in [0.25, 0.3) is 38.2 Å². The van der Waals surface area contributed by atoms with Crippen LogP contribution < -0.4 is 5.22 Å². The predicted molar refractivity (Wildman–Crippen MR) is 148 cm³/mol. The summed E-state index contributed by atoms with van der Waals surface area (Å²) in [5.41, 5.74) is 8.28. The lowest BCUT2D eigenvalue weighted by atomic mass is 9.89. The molecule has 0 saturated carbocycles. The van der Waals surface area contributed by atoms with Gasteiger partial charge in [-0.15, -0.1) is 0 Å². The van der Waals surface area contributed by atoms with E-state index < -0.39 is 0 Å². The first-order valence-corrected chi connectivity index (χ1v) is 12.1. The van der Waals surface area contributed by atoms with Crippen molar-refractivity contribution in [2.75, 3.05) is 0 Å². The second-order valence-electron chi connectivity index (χ2n) is 8.88. The van der Waals surface area contributed by atoms with Crippen molar-refractivity contribution in [2.24, 2.45) is 0 Å². The van der Waals surface area contributed by atoms with Gasteiger partial charge in [-0.3, -0.25) is 0 Å². The molecule has 0 fully saturated rings. The fourth-order valence-corrected chi connectivity index (χ4v) is 5.56. The van der Waals surface area contributed by atoms with E-state index in [1.807, 2.05) is 24.3 Å². The molecule has 0 saturated heterocycles. The summed E-state index contributed by atoms with van der Waals surface area (Å²) in [5, 5.41) is 6.98. The zero-order valence-electron chi connectivity index (χ0n) is 18.8. The molecular weight excluding hydrogens is 444 g/mol. The Morgan fingerprint density at radius 3 is 2.00 bits per heavy atom. The summed E-state index contributed by atoms with van der Waals surface area (Å²) >= 11 is 6.11. The number of hydrogen-bond donors (Lipinski definition) is 0. The molecule has 0 bridgehead atoms. The van der Waals surface area contributed by atoms with Crippen LogP contribution in [0.15, 0.2) is 115 Å². The smallest absolute Gasteiger partial charge is 0.0413 e. The second kappa shape index (κ2) is 7.88. The van der Waals surface area contributed by atoms with Gasteiger partial charge in [-0.1, -0.05) is 114 Å². The lowest BCUT2D eigenvalue weighted by Crippen LogP contribution is -2.10. The van der Waals surface area contributed by atoms with Gasteiger partial charge in [-0.2, -0.15) is 0 Å². The molecule has 6 aromatic carbocycles. The van der Waals surface area contributed by atoms with Gasteiger partial charge in [0.2, 0.25) is 0 Å². The van der Waals surface area contributed by atoms with Crippen molar-refractivity contribution < 1.29 is 0 Å². The second-order valence-corrected chi connectivity index (χ2v) is 9.31. The minimum atomic E-state index is 0.719. The molecule has 0 heterocycles. The Morgan fingerprint density at radius 2 is 1.23 bits per heavy atom. The van der Waals surface area contributed by atoms with Gasteiger partial charge in [0.15, 0.2) is 0 Å². The molecule has 0 nitrogen and oxygen atoms in total. The van der Waals surface area contributed by atoms with E-state index in [-0.39, 0.29) is 0 Å². The molecule has 35 heavy (non-hydrogen) atoms. The molecule has 0 aromatic heterocycles. The van der Waals surface area contributed by atoms with Gasteiger partial charge >= 0.3 is 0 Å². The molecule has 0 spiro atoms. The van der Waals surface area contributed by atoms with Crippen molar-refractivity contribution in [2.45, 2.75) is 0 Å². The number of rotatable bonds is 1. The third-order valence-corrected chi connectivity index (χ3v) is 7.15. The van der Waals surface area contributed by atoms with Crippen LogP contribution in [0.5, 0.6) is 0 Å². The fraction of sp³-hybridized carbons (Fsp3) is 0. The number of fused-ring (bicyclic) bond motifs is 4. The highest BCUT2D eigenvalue weighted by Crippen LogP contribution is 2.41. The third-order valence-electron chi connectivity index (χ3n) is 6.90. The summed E-state index contributed by atoms with van der Waals surface area (Å²) < 4.78 is 0. The van der Waals surface area contributed by atoms with E-state index in [4.69, 9.17) is 11.6 Å². The summed E-state index contributed by atoms with van der Waals surface area (Å²) in [6.45, 7) is 0. The Labute approximate surface area is 209 Å². The van der Waals surface area contributed by atoms with E-state index in [9.17, 15) is 0 Å². The highest BCUT2D eigenvalue weighted by molar-refractivity contribution is 6.30. The van der Waals surface area contributed by atoms with E-state index in [2.05, 4.69) is 103 Å². The maximum atomic E-state index is 6.11. The fourth-order valence-electron chi connectivity index (χ4n) is 5.44. The number of hydrogen-bond acceptors (Lipinski definition) is 0. The van der Waals surface area contributed by atoms with E-state index >= 15 is 0 Å². The molecule has 1 aliphatic rings. The van der Waals surface area contributed by atoms with Crippen molar-refractivity contribution in [3.8, 4) is 23.0 Å². The van der Waals surface area contributed by atoms with E-state index in [0.717, 1.165) is 16.1 Å². The van der Waals surface area contributed by atoms with Crippen molar-refractivity contribution in [3.05, 3.63) is 148 Å². The molecule has 162 valence electrons. The summed E-state index contributed by atoms with van der Waals surface area (Å²) in [6.07, 6.45) is 0. The van der Waals surface area contributed by atoms with E-state index in [1.54, 1.807) is 0 Å².